The van der Waals surface area contributed by atoms with Crippen LogP contribution in [0, 0.1) is 0 Å². The fourth-order valence-corrected chi connectivity index (χ4v) is 0.393. The van der Waals surface area contributed by atoms with Gasteiger partial charge in [-0.1, -0.05) is 5.57 Å². The monoisotopic (exact) mass is 155 g/mol. The van der Waals surface area contributed by atoms with E-state index in [0.29, 0.717) is 6.04 Å². The zero-order valence-electron chi connectivity index (χ0n) is 7.70. The van der Waals surface area contributed by atoms with Gasteiger partial charge in [0.05, 0.1) is 0 Å². The molecule has 0 aliphatic rings. The van der Waals surface area contributed by atoms with Crippen LogP contribution < -0.4 is 5.84 Å². The molecule has 0 saturated heterocycles. The third kappa shape index (κ3) is 5.61. The summed E-state index contributed by atoms with van der Waals surface area (Å²) in [4.78, 5) is 4.01. The Bertz CT molecular complexity index is 155. The summed E-state index contributed by atoms with van der Waals surface area (Å²) in [6, 6.07) is 0.296. The lowest BCUT2D eigenvalue weighted by molar-refractivity contribution is 0.375. The van der Waals surface area contributed by atoms with Gasteiger partial charge in [0.15, 0.2) is 0 Å². The summed E-state index contributed by atoms with van der Waals surface area (Å²) in [5.41, 5.74) is 1.17. The average molecular weight is 155 g/mol. The normalized spacial score (nSPS) is 10.7. The molecule has 0 radical (unpaired) electrons. The average Bonchev–Trinajstić information content (AvgIpc) is 1.86. The molecule has 0 aliphatic heterocycles. The van der Waals surface area contributed by atoms with Crippen LogP contribution in [0.1, 0.15) is 27.7 Å². The Morgan fingerprint density at radius 1 is 1.45 bits per heavy atom. The first-order chi connectivity index (χ1) is 5.04. The van der Waals surface area contributed by atoms with Crippen molar-refractivity contribution in [3.8, 4) is 0 Å². The van der Waals surface area contributed by atoms with Crippen molar-refractivity contribution in [1.82, 2.24) is 5.01 Å². The van der Waals surface area contributed by atoms with Gasteiger partial charge < -0.3 is 0 Å². The van der Waals surface area contributed by atoms with Gasteiger partial charge in [-0.25, -0.2) is 10.8 Å². The van der Waals surface area contributed by atoms with Crippen molar-refractivity contribution in [2.75, 3.05) is 0 Å². The van der Waals surface area contributed by atoms with Crippen LogP contribution in [0.3, 0.4) is 0 Å². The summed E-state index contributed by atoms with van der Waals surface area (Å²) in [6.45, 7) is 8.00. The summed E-state index contributed by atoms with van der Waals surface area (Å²) < 4.78 is 0. The zero-order valence-corrected chi connectivity index (χ0v) is 7.70. The third-order valence-corrected chi connectivity index (χ3v) is 1.13. The van der Waals surface area contributed by atoms with Gasteiger partial charge in [-0.05, 0) is 27.7 Å². The summed E-state index contributed by atoms with van der Waals surface area (Å²) in [5.74, 6) is 5.56. The molecule has 0 aromatic heterocycles. The van der Waals surface area contributed by atoms with E-state index in [1.165, 1.54) is 5.57 Å². The lowest BCUT2D eigenvalue weighted by Crippen LogP contribution is -2.35. The van der Waals surface area contributed by atoms with Crippen molar-refractivity contribution in [2.45, 2.75) is 33.7 Å². The molecule has 0 spiro atoms. The van der Waals surface area contributed by atoms with Crippen molar-refractivity contribution in [3.63, 3.8) is 0 Å². The molecular weight excluding hydrogens is 138 g/mol. The topological polar surface area (TPSA) is 41.6 Å². The molecule has 0 saturated carbocycles. The highest BCUT2D eigenvalue weighted by atomic mass is 15.4. The van der Waals surface area contributed by atoms with Gasteiger partial charge in [0.25, 0.3) is 0 Å². The first-order valence-electron chi connectivity index (χ1n) is 3.73. The summed E-state index contributed by atoms with van der Waals surface area (Å²) in [7, 11) is 0. The largest absolute Gasteiger partial charge is 0.298 e. The molecule has 3 nitrogen and oxygen atoms in total. The standard InChI is InChI=1S/C8H17N3/c1-7(2)5-10-6-11(9)8(3)4/h5-6,8H,9H2,1-4H3/b10-6-. The number of aliphatic imine (C=N–C) groups is 1. The van der Waals surface area contributed by atoms with Crippen LogP contribution in [-0.2, 0) is 0 Å². The fourth-order valence-electron chi connectivity index (χ4n) is 0.393. The molecule has 11 heavy (non-hydrogen) atoms. The molecule has 0 bridgehead atoms. The predicted octanol–water partition coefficient (Wildman–Crippen LogP) is 1.52. The van der Waals surface area contributed by atoms with Crippen LogP contribution in [-0.4, -0.2) is 17.4 Å². The second-order valence-corrected chi connectivity index (χ2v) is 3.01. The molecule has 0 atom stereocenters. The molecule has 0 aromatic carbocycles. The molecule has 0 fully saturated rings. The quantitative estimate of drug-likeness (QED) is 0.290. The third-order valence-electron chi connectivity index (χ3n) is 1.13. The minimum absolute atomic E-state index is 0.296. The number of hydrogen-bond donors (Lipinski definition) is 1. The van der Waals surface area contributed by atoms with Crippen molar-refractivity contribution in [3.05, 3.63) is 11.8 Å². The minimum atomic E-state index is 0.296. The van der Waals surface area contributed by atoms with Crippen LogP contribution in [0.5, 0.6) is 0 Å². The Hall–Kier alpha value is -0.830. The Morgan fingerprint density at radius 2 is 2.00 bits per heavy atom. The molecule has 64 valence electrons. The van der Waals surface area contributed by atoms with Crippen LogP contribution in [0.15, 0.2) is 16.8 Å². The first kappa shape index (κ1) is 10.2. The maximum absolute atomic E-state index is 5.56. The number of hydrogen-bond acceptors (Lipinski definition) is 2. The lowest BCUT2D eigenvalue weighted by Gasteiger charge is -2.15. The molecule has 0 aliphatic carbocycles. The number of nitrogens with zero attached hydrogens (tertiary/aromatic N) is 2. The molecule has 0 aromatic rings. The van der Waals surface area contributed by atoms with E-state index in [0.717, 1.165) is 0 Å². The molecule has 0 rings (SSSR count). The van der Waals surface area contributed by atoms with E-state index in [2.05, 4.69) is 4.99 Å². The Kier molecular flexibility index (Phi) is 4.54. The maximum Gasteiger partial charge on any atom is 0.105 e. The number of hydrazine groups is 1. The minimum Gasteiger partial charge on any atom is -0.298 e. The van der Waals surface area contributed by atoms with Crippen LogP contribution in [0.25, 0.3) is 0 Å². The van der Waals surface area contributed by atoms with Gasteiger partial charge in [-0.15, -0.1) is 0 Å². The molecule has 0 heterocycles. The Morgan fingerprint density at radius 3 is 2.36 bits per heavy atom. The van der Waals surface area contributed by atoms with Crippen molar-refractivity contribution < 1.29 is 0 Å². The van der Waals surface area contributed by atoms with E-state index in [1.54, 1.807) is 17.5 Å². The summed E-state index contributed by atoms with van der Waals surface area (Å²) in [6.07, 6.45) is 3.40. The van der Waals surface area contributed by atoms with E-state index in [-0.39, 0.29) is 0 Å². The molecule has 0 amide bonds. The van der Waals surface area contributed by atoms with E-state index < -0.39 is 0 Å². The molecular formula is C8H17N3. The van der Waals surface area contributed by atoms with Crippen LogP contribution >= 0.6 is 0 Å². The number of nitrogens with two attached hydrogens (primary N) is 1. The van der Waals surface area contributed by atoms with Crippen molar-refractivity contribution in [2.24, 2.45) is 10.8 Å². The fraction of sp³-hybridized carbons (Fsp3) is 0.625. The van der Waals surface area contributed by atoms with Crippen LogP contribution in [0.4, 0.5) is 0 Å². The second kappa shape index (κ2) is 4.91. The SMILES string of the molecule is CC(C)=C/N=C\N(N)C(C)C. The van der Waals surface area contributed by atoms with Gasteiger partial charge in [-0.2, -0.15) is 0 Å². The Labute approximate surface area is 68.6 Å². The van der Waals surface area contributed by atoms with Gasteiger partial charge in [0.2, 0.25) is 0 Å². The van der Waals surface area contributed by atoms with Gasteiger partial charge in [0, 0.05) is 12.2 Å². The number of allylic oxidation sites excluding steroid dienone is 1. The van der Waals surface area contributed by atoms with E-state index in [4.69, 9.17) is 5.84 Å². The molecule has 2 N–H and O–H groups in total. The molecule has 0 unspecified atom stereocenters. The highest BCUT2D eigenvalue weighted by molar-refractivity contribution is 5.55. The van der Waals surface area contributed by atoms with Gasteiger partial charge >= 0.3 is 0 Å². The first-order valence-corrected chi connectivity index (χ1v) is 3.73. The van der Waals surface area contributed by atoms with E-state index in [1.807, 2.05) is 27.7 Å². The van der Waals surface area contributed by atoms with E-state index in [9.17, 15) is 0 Å². The zero-order chi connectivity index (χ0) is 8.85. The van der Waals surface area contributed by atoms with Gasteiger partial charge in [-0.3, -0.25) is 5.01 Å². The number of rotatable bonds is 3. The van der Waals surface area contributed by atoms with E-state index >= 15 is 0 Å². The highest BCUT2D eigenvalue weighted by Crippen LogP contribution is 1.89. The molecule has 3 heteroatoms. The highest BCUT2D eigenvalue weighted by Gasteiger charge is 1.95. The summed E-state index contributed by atoms with van der Waals surface area (Å²) in [5, 5.41) is 1.57. The predicted molar refractivity (Wildman–Crippen MR) is 49.1 cm³/mol. The Balaban J connectivity index is 3.84. The second-order valence-electron chi connectivity index (χ2n) is 3.01. The summed E-state index contributed by atoms with van der Waals surface area (Å²) >= 11 is 0. The van der Waals surface area contributed by atoms with Crippen LogP contribution in [0.2, 0.25) is 0 Å². The maximum atomic E-state index is 5.56. The van der Waals surface area contributed by atoms with Crippen molar-refractivity contribution >= 4 is 6.34 Å². The van der Waals surface area contributed by atoms with Gasteiger partial charge in [0.1, 0.15) is 6.34 Å². The smallest absolute Gasteiger partial charge is 0.105 e. The van der Waals surface area contributed by atoms with Crippen molar-refractivity contribution in [1.29, 1.82) is 0 Å². The lowest BCUT2D eigenvalue weighted by atomic mass is 10.4.